The first-order chi connectivity index (χ1) is 13.0. The first-order valence-electron chi connectivity index (χ1n) is 9.24. The van der Waals surface area contributed by atoms with Crippen molar-refractivity contribution in [1.82, 2.24) is 9.61 Å². The number of rotatable bonds is 4. The molecule has 2 aromatic heterocycles. The van der Waals surface area contributed by atoms with E-state index in [1.165, 1.54) is 16.7 Å². The van der Waals surface area contributed by atoms with Gasteiger partial charge in [-0.25, -0.2) is 9.51 Å². The van der Waals surface area contributed by atoms with Crippen LogP contribution in [0.25, 0.3) is 5.52 Å². The van der Waals surface area contributed by atoms with Gasteiger partial charge in [0.05, 0.1) is 23.5 Å². The lowest BCUT2D eigenvalue weighted by Gasteiger charge is -2.28. The Labute approximate surface area is 158 Å². The number of allylic oxidation sites excluding steroid dienone is 4. The predicted octanol–water partition coefficient (Wildman–Crippen LogP) is 3.73. The standard InChI is InChI=1S/C21H24N4O2/c1-12-10-15-13(2)11-16(19(22)18(15)14(12)3)23-20-17-6-4-5-7-25(17)24-21(20)27-9-8-26/h4-7,11,15,18,22,26H,8-10H2,1-3H3. The summed E-state index contributed by atoms with van der Waals surface area (Å²) in [5.74, 6) is 0.862. The summed E-state index contributed by atoms with van der Waals surface area (Å²) in [6.45, 7) is 6.49. The Kier molecular flexibility index (Phi) is 4.44. The van der Waals surface area contributed by atoms with Crippen molar-refractivity contribution in [2.75, 3.05) is 13.2 Å². The summed E-state index contributed by atoms with van der Waals surface area (Å²) in [5.41, 5.74) is 6.57. The van der Waals surface area contributed by atoms with Crippen LogP contribution in [0.1, 0.15) is 27.2 Å². The number of fused-ring (bicyclic) bond motifs is 2. The maximum atomic E-state index is 9.10. The molecule has 0 saturated heterocycles. The van der Waals surface area contributed by atoms with E-state index in [-0.39, 0.29) is 19.1 Å². The second-order valence-corrected chi connectivity index (χ2v) is 7.31. The van der Waals surface area contributed by atoms with Crippen LogP contribution >= 0.6 is 0 Å². The molecule has 2 aromatic rings. The molecule has 0 aromatic carbocycles. The number of aromatic nitrogens is 2. The number of aliphatic hydroxyl groups excluding tert-OH is 1. The monoisotopic (exact) mass is 364 g/mol. The Morgan fingerprint density at radius 2 is 2.15 bits per heavy atom. The Hall–Kier alpha value is -2.73. The molecule has 2 aliphatic rings. The molecule has 0 saturated carbocycles. The fraction of sp³-hybridized carbons (Fsp3) is 0.381. The predicted molar refractivity (Wildman–Crippen MR) is 106 cm³/mol. The number of nitrogens with one attached hydrogen (secondary N) is 1. The normalized spacial score (nSPS) is 23.9. The molecule has 2 atom stereocenters. The number of hydrogen-bond donors (Lipinski definition) is 2. The van der Waals surface area contributed by atoms with Crippen LogP contribution in [0.4, 0.5) is 5.69 Å². The maximum absolute atomic E-state index is 9.10. The molecule has 0 spiro atoms. The van der Waals surface area contributed by atoms with E-state index in [0.29, 0.717) is 28.9 Å². The molecule has 6 heteroatoms. The molecule has 6 nitrogen and oxygen atoms in total. The molecular formula is C21H24N4O2. The Bertz CT molecular complexity index is 1010. The van der Waals surface area contributed by atoms with E-state index in [4.69, 9.17) is 20.2 Å². The van der Waals surface area contributed by atoms with Gasteiger partial charge >= 0.3 is 0 Å². The SMILES string of the molecule is CC1=CC(=Nc2c(OCCO)nn3ccccc23)C(=N)C2C(C)=C(C)CC12. The van der Waals surface area contributed by atoms with E-state index in [1.807, 2.05) is 30.5 Å². The summed E-state index contributed by atoms with van der Waals surface area (Å²) in [4.78, 5) is 4.81. The van der Waals surface area contributed by atoms with Crippen LogP contribution in [-0.4, -0.2) is 39.4 Å². The van der Waals surface area contributed by atoms with E-state index in [2.05, 4.69) is 25.9 Å². The van der Waals surface area contributed by atoms with Crippen molar-refractivity contribution in [2.45, 2.75) is 27.2 Å². The number of pyridine rings is 1. The van der Waals surface area contributed by atoms with Gasteiger partial charge in [0.15, 0.2) is 5.69 Å². The smallest absolute Gasteiger partial charge is 0.260 e. The van der Waals surface area contributed by atoms with Gasteiger partial charge in [0.2, 0.25) is 0 Å². The average molecular weight is 364 g/mol. The van der Waals surface area contributed by atoms with Crippen LogP contribution in [0.2, 0.25) is 0 Å². The summed E-state index contributed by atoms with van der Waals surface area (Å²) < 4.78 is 7.32. The van der Waals surface area contributed by atoms with Crippen LogP contribution in [0.5, 0.6) is 5.88 Å². The second kappa shape index (κ2) is 6.78. The highest BCUT2D eigenvalue weighted by molar-refractivity contribution is 6.48. The number of aliphatic hydroxyl groups is 1. The molecule has 0 bridgehead atoms. The van der Waals surface area contributed by atoms with Crippen LogP contribution in [0, 0.1) is 17.2 Å². The zero-order valence-electron chi connectivity index (χ0n) is 15.9. The van der Waals surface area contributed by atoms with Crippen molar-refractivity contribution in [1.29, 1.82) is 5.41 Å². The Balaban J connectivity index is 1.83. The van der Waals surface area contributed by atoms with Gasteiger partial charge in [0.25, 0.3) is 5.88 Å². The van der Waals surface area contributed by atoms with Gasteiger partial charge in [-0.1, -0.05) is 22.8 Å². The van der Waals surface area contributed by atoms with Crippen LogP contribution in [0.3, 0.4) is 0 Å². The minimum Gasteiger partial charge on any atom is -0.473 e. The summed E-state index contributed by atoms with van der Waals surface area (Å²) >= 11 is 0. The summed E-state index contributed by atoms with van der Waals surface area (Å²) in [6.07, 6.45) is 4.88. The first-order valence-corrected chi connectivity index (χ1v) is 9.24. The van der Waals surface area contributed by atoms with E-state index in [1.54, 1.807) is 4.52 Å². The molecule has 2 unspecified atom stereocenters. The molecule has 2 heterocycles. The molecule has 27 heavy (non-hydrogen) atoms. The Morgan fingerprint density at radius 3 is 2.93 bits per heavy atom. The highest BCUT2D eigenvalue weighted by Gasteiger charge is 2.39. The summed E-state index contributed by atoms with van der Waals surface area (Å²) in [7, 11) is 0. The van der Waals surface area contributed by atoms with Gasteiger partial charge < -0.3 is 15.3 Å². The van der Waals surface area contributed by atoms with Crippen molar-refractivity contribution >= 4 is 22.6 Å². The minimum absolute atomic E-state index is 0.0915. The van der Waals surface area contributed by atoms with E-state index in [0.717, 1.165) is 11.9 Å². The summed E-state index contributed by atoms with van der Waals surface area (Å²) in [5, 5.41) is 22.3. The third-order valence-corrected chi connectivity index (χ3v) is 5.65. The van der Waals surface area contributed by atoms with Gasteiger partial charge in [-0.3, -0.25) is 0 Å². The molecule has 4 rings (SSSR count). The molecule has 2 N–H and O–H groups in total. The largest absolute Gasteiger partial charge is 0.473 e. The van der Waals surface area contributed by atoms with Crippen LogP contribution in [0.15, 0.2) is 52.2 Å². The van der Waals surface area contributed by atoms with Crippen molar-refractivity contribution in [3.8, 4) is 5.88 Å². The third-order valence-electron chi connectivity index (χ3n) is 5.65. The molecule has 0 aliphatic heterocycles. The molecule has 0 amide bonds. The average Bonchev–Trinajstić information content (AvgIpc) is 3.16. The zero-order valence-corrected chi connectivity index (χ0v) is 15.9. The molecule has 0 radical (unpaired) electrons. The number of hydrogen-bond acceptors (Lipinski definition) is 5. The molecule has 0 fully saturated rings. The summed E-state index contributed by atoms with van der Waals surface area (Å²) in [6, 6.07) is 5.74. The number of nitrogens with zero attached hydrogens (tertiary/aromatic N) is 3. The quantitative estimate of drug-likeness (QED) is 0.811. The van der Waals surface area contributed by atoms with Gasteiger partial charge in [0, 0.05) is 12.1 Å². The topological polar surface area (TPSA) is 83.0 Å². The van der Waals surface area contributed by atoms with Crippen LogP contribution < -0.4 is 4.74 Å². The lowest BCUT2D eigenvalue weighted by molar-refractivity contribution is 0.197. The third kappa shape index (κ3) is 2.90. The van der Waals surface area contributed by atoms with Crippen molar-refractivity contribution < 1.29 is 9.84 Å². The van der Waals surface area contributed by atoms with Gasteiger partial charge in [-0.2, -0.15) is 0 Å². The minimum atomic E-state index is -0.0915. The molecule has 140 valence electrons. The lowest BCUT2D eigenvalue weighted by atomic mass is 9.76. The zero-order chi connectivity index (χ0) is 19.1. The van der Waals surface area contributed by atoms with Crippen molar-refractivity contribution in [3.63, 3.8) is 0 Å². The number of ether oxygens (including phenoxy) is 1. The Morgan fingerprint density at radius 1 is 1.33 bits per heavy atom. The molecule has 2 aliphatic carbocycles. The fourth-order valence-corrected chi connectivity index (χ4v) is 4.10. The molecular weight excluding hydrogens is 340 g/mol. The van der Waals surface area contributed by atoms with Crippen LogP contribution in [-0.2, 0) is 0 Å². The van der Waals surface area contributed by atoms with Gasteiger partial charge in [-0.15, -0.1) is 5.10 Å². The van der Waals surface area contributed by atoms with E-state index >= 15 is 0 Å². The van der Waals surface area contributed by atoms with Crippen molar-refractivity contribution in [3.05, 3.63) is 47.2 Å². The second-order valence-electron chi connectivity index (χ2n) is 7.31. The highest BCUT2D eigenvalue weighted by Crippen LogP contribution is 2.44. The van der Waals surface area contributed by atoms with Crippen molar-refractivity contribution in [2.24, 2.45) is 16.8 Å². The van der Waals surface area contributed by atoms with E-state index < -0.39 is 0 Å². The number of aliphatic imine (C=N–C) groups is 1. The van der Waals surface area contributed by atoms with E-state index in [9.17, 15) is 0 Å². The lowest BCUT2D eigenvalue weighted by Crippen LogP contribution is -2.31. The highest BCUT2D eigenvalue weighted by atomic mass is 16.5. The fourth-order valence-electron chi connectivity index (χ4n) is 4.10. The van der Waals surface area contributed by atoms with Gasteiger partial charge in [0.1, 0.15) is 6.61 Å². The maximum Gasteiger partial charge on any atom is 0.260 e. The first kappa shape index (κ1) is 17.7. The van der Waals surface area contributed by atoms with Gasteiger partial charge in [-0.05, 0) is 51.3 Å².